The third kappa shape index (κ3) is 4.82. The Bertz CT molecular complexity index is 202. The third-order valence-electron chi connectivity index (χ3n) is 1.94. The molecule has 0 aliphatic carbocycles. The minimum atomic E-state index is -0.888. The van der Waals surface area contributed by atoms with E-state index in [-0.39, 0.29) is 5.78 Å². The maximum atomic E-state index is 11.4. The predicted molar refractivity (Wildman–Crippen MR) is 59.7 cm³/mol. The molecule has 0 amide bonds. The van der Waals surface area contributed by atoms with Gasteiger partial charge in [-0.3, -0.25) is 4.79 Å². The molecule has 0 aromatic carbocycles. The summed E-state index contributed by atoms with van der Waals surface area (Å²) >= 11 is 0. The zero-order chi connectivity index (χ0) is 10.4. The molecule has 0 fully saturated rings. The lowest BCUT2D eigenvalue weighted by Crippen LogP contribution is -2.27. The smallest absolute Gasteiger partial charge is 0.178 e. The molecule has 0 aromatic heterocycles. The van der Waals surface area contributed by atoms with Gasteiger partial charge in [0.1, 0.15) is 0 Å². The summed E-state index contributed by atoms with van der Waals surface area (Å²) in [6.07, 6.45) is 1.51. The van der Waals surface area contributed by atoms with Crippen molar-refractivity contribution in [3.8, 4) is 0 Å². The Labute approximate surface area is 82.5 Å². The van der Waals surface area contributed by atoms with Crippen LogP contribution in [0, 0.1) is 0 Å². The van der Waals surface area contributed by atoms with Gasteiger partial charge in [0.15, 0.2) is 14.7 Å². The molecule has 0 saturated heterocycles. The highest BCUT2D eigenvalue weighted by Gasteiger charge is 2.07. The molecule has 0 atom stereocenters. The van der Waals surface area contributed by atoms with Gasteiger partial charge in [0, 0.05) is 13.5 Å². The van der Waals surface area contributed by atoms with Crippen LogP contribution in [0.5, 0.6) is 0 Å². The maximum Gasteiger partial charge on any atom is 0.178 e. The van der Waals surface area contributed by atoms with Gasteiger partial charge < -0.3 is 4.67 Å². The van der Waals surface area contributed by atoms with E-state index in [2.05, 4.69) is 18.2 Å². The molecular formula is C9H20N2OSi. The molecule has 0 saturated carbocycles. The normalized spacial score (nSPS) is 12.0. The van der Waals surface area contributed by atoms with E-state index in [9.17, 15) is 4.79 Å². The molecule has 0 aromatic rings. The van der Waals surface area contributed by atoms with Crippen LogP contribution in [0.3, 0.4) is 0 Å². The summed E-state index contributed by atoms with van der Waals surface area (Å²) in [6, 6.07) is 0. The van der Waals surface area contributed by atoms with Gasteiger partial charge in [-0.05, 0) is 13.3 Å². The molecule has 0 radical (unpaired) electrons. The third-order valence-corrected chi connectivity index (χ3v) is 3.55. The van der Waals surface area contributed by atoms with E-state index in [1.54, 1.807) is 6.92 Å². The summed E-state index contributed by atoms with van der Waals surface area (Å²) in [4.78, 5) is 11.4. The number of nitrogens with zero attached hydrogens (tertiary/aromatic N) is 2. The zero-order valence-corrected chi connectivity index (χ0v) is 10.4. The van der Waals surface area contributed by atoms with Crippen LogP contribution in [0.25, 0.3) is 0 Å². The number of hydrazone groups is 1. The molecule has 0 aliphatic heterocycles. The van der Waals surface area contributed by atoms with Crippen molar-refractivity contribution in [2.45, 2.75) is 39.8 Å². The van der Waals surface area contributed by atoms with Gasteiger partial charge in [-0.25, -0.2) is 0 Å². The Morgan fingerprint density at radius 3 is 2.38 bits per heavy atom. The highest BCUT2D eigenvalue weighted by molar-refractivity contribution is 6.52. The first-order chi connectivity index (χ1) is 5.99. The number of rotatable bonds is 5. The molecule has 0 aliphatic rings. The highest BCUT2D eigenvalue weighted by atomic mass is 28.3. The van der Waals surface area contributed by atoms with E-state index in [4.69, 9.17) is 0 Å². The van der Waals surface area contributed by atoms with Crippen LogP contribution < -0.4 is 0 Å². The Morgan fingerprint density at radius 1 is 1.46 bits per heavy atom. The molecule has 0 rings (SSSR count). The molecule has 3 nitrogen and oxygen atoms in total. The molecule has 0 N–H and O–H groups in total. The van der Waals surface area contributed by atoms with Crippen molar-refractivity contribution in [2.24, 2.45) is 5.10 Å². The standard InChI is InChI=1S/C9H20N2OSi/c1-6-7-9(12)8(2)10-11(3)13(4)5/h13H,6-7H2,1-5H3. The van der Waals surface area contributed by atoms with Gasteiger partial charge in [0.05, 0.1) is 5.71 Å². The van der Waals surface area contributed by atoms with Crippen LogP contribution in [-0.4, -0.2) is 32.2 Å². The lowest BCUT2D eigenvalue weighted by atomic mass is 10.2. The van der Waals surface area contributed by atoms with Gasteiger partial charge in [0.2, 0.25) is 0 Å². The average Bonchev–Trinajstić information content (AvgIpc) is 2.04. The van der Waals surface area contributed by atoms with E-state index in [0.717, 1.165) is 6.42 Å². The van der Waals surface area contributed by atoms with Crippen LogP contribution >= 0.6 is 0 Å². The lowest BCUT2D eigenvalue weighted by molar-refractivity contribution is -0.113. The summed E-state index contributed by atoms with van der Waals surface area (Å²) in [5.74, 6) is 0.170. The van der Waals surface area contributed by atoms with E-state index in [1.807, 2.05) is 18.6 Å². The Morgan fingerprint density at radius 2 is 2.00 bits per heavy atom. The Kier molecular flexibility index (Phi) is 5.62. The van der Waals surface area contributed by atoms with Crippen LogP contribution in [0.1, 0.15) is 26.7 Å². The number of carbonyl (C=O) groups is 1. The molecule has 76 valence electrons. The lowest BCUT2D eigenvalue weighted by Gasteiger charge is -2.17. The molecule has 13 heavy (non-hydrogen) atoms. The predicted octanol–water partition coefficient (Wildman–Crippen LogP) is 1.65. The second kappa shape index (κ2) is 5.91. The van der Waals surface area contributed by atoms with Gasteiger partial charge in [-0.15, -0.1) is 0 Å². The van der Waals surface area contributed by atoms with E-state index in [0.29, 0.717) is 12.1 Å². The van der Waals surface area contributed by atoms with Crippen molar-refractivity contribution in [1.29, 1.82) is 0 Å². The topological polar surface area (TPSA) is 32.7 Å². The fraction of sp³-hybridized carbons (Fsp3) is 0.778. The number of hydrogen-bond acceptors (Lipinski definition) is 3. The second-order valence-corrected chi connectivity index (χ2v) is 6.46. The van der Waals surface area contributed by atoms with Gasteiger partial charge in [0.25, 0.3) is 0 Å². The summed E-state index contributed by atoms with van der Waals surface area (Å²) in [6.45, 7) is 8.17. The van der Waals surface area contributed by atoms with Crippen molar-refractivity contribution in [3.05, 3.63) is 0 Å². The Balaban J connectivity index is 4.22. The summed E-state index contributed by atoms with van der Waals surface area (Å²) in [5, 5.41) is 4.26. The summed E-state index contributed by atoms with van der Waals surface area (Å²) in [5.41, 5.74) is 0.644. The van der Waals surface area contributed by atoms with Crippen LogP contribution in [-0.2, 0) is 4.79 Å². The van der Waals surface area contributed by atoms with Crippen LogP contribution in [0.2, 0.25) is 13.1 Å². The van der Waals surface area contributed by atoms with E-state index < -0.39 is 8.96 Å². The largest absolute Gasteiger partial charge is 0.331 e. The monoisotopic (exact) mass is 200 g/mol. The highest BCUT2D eigenvalue weighted by Crippen LogP contribution is 1.96. The quantitative estimate of drug-likeness (QED) is 0.384. The minimum absolute atomic E-state index is 0.170. The van der Waals surface area contributed by atoms with Crippen LogP contribution in [0.15, 0.2) is 5.10 Å². The molecule has 0 heterocycles. The first-order valence-corrected chi connectivity index (χ1v) is 7.62. The van der Waals surface area contributed by atoms with Crippen molar-refractivity contribution < 1.29 is 4.79 Å². The molecular weight excluding hydrogens is 180 g/mol. The van der Waals surface area contributed by atoms with Gasteiger partial charge >= 0.3 is 0 Å². The van der Waals surface area contributed by atoms with Crippen molar-refractivity contribution >= 4 is 20.5 Å². The van der Waals surface area contributed by atoms with Gasteiger partial charge in [-0.1, -0.05) is 20.0 Å². The maximum absolute atomic E-state index is 11.4. The number of hydrogen-bond donors (Lipinski definition) is 0. The molecule has 0 bridgehead atoms. The van der Waals surface area contributed by atoms with E-state index in [1.165, 1.54) is 0 Å². The summed E-state index contributed by atoms with van der Waals surface area (Å²) in [7, 11) is 1.06. The van der Waals surface area contributed by atoms with Crippen molar-refractivity contribution in [1.82, 2.24) is 4.67 Å². The molecule has 0 unspecified atom stereocenters. The van der Waals surface area contributed by atoms with Gasteiger partial charge in [-0.2, -0.15) is 5.10 Å². The first kappa shape index (κ1) is 12.4. The Hall–Kier alpha value is -0.643. The number of Topliss-reactive ketones (excluding diaryl/α,β-unsaturated/α-hetero) is 1. The first-order valence-electron chi connectivity index (χ1n) is 4.80. The summed E-state index contributed by atoms with van der Waals surface area (Å²) < 4.78 is 1.95. The molecule has 4 heteroatoms. The second-order valence-electron chi connectivity index (χ2n) is 3.53. The fourth-order valence-electron chi connectivity index (χ4n) is 0.816. The number of ketones is 1. The fourth-order valence-corrected chi connectivity index (χ4v) is 1.22. The van der Waals surface area contributed by atoms with Crippen molar-refractivity contribution in [3.63, 3.8) is 0 Å². The SMILES string of the molecule is CCCC(=O)C(C)=NN(C)[SiH](C)C. The zero-order valence-electron chi connectivity index (χ0n) is 9.29. The van der Waals surface area contributed by atoms with E-state index >= 15 is 0 Å². The number of carbonyl (C=O) groups excluding carboxylic acids is 1. The minimum Gasteiger partial charge on any atom is -0.331 e. The average molecular weight is 200 g/mol. The van der Waals surface area contributed by atoms with Crippen molar-refractivity contribution in [2.75, 3.05) is 7.05 Å². The molecule has 0 spiro atoms. The van der Waals surface area contributed by atoms with Crippen LogP contribution in [0.4, 0.5) is 0 Å².